The summed E-state index contributed by atoms with van der Waals surface area (Å²) in [6.07, 6.45) is 2.82. The summed E-state index contributed by atoms with van der Waals surface area (Å²) in [4.78, 5) is 10.7. The fourth-order valence-electron chi connectivity index (χ4n) is 3.72. The van der Waals surface area contributed by atoms with Crippen molar-refractivity contribution in [3.8, 4) is 0 Å². The summed E-state index contributed by atoms with van der Waals surface area (Å²) < 4.78 is 12.9. The monoisotopic (exact) mass is 407 g/mol. The summed E-state index contributed by atoms with van der Waals surface area (Å²) in [5.74, 6) is -0.513. The van der Waals surface area contributed by atoms with Crippen LogP contribution in [0.2, 0.25) is 0 Å². The van der Waals surface area contributed by atoms with E-state index in [9.17, 15) is 4.79 Å². The molecular weight excluding hydrogens is 382 g/mol. The second-order valence-electron chi connectivity index (χ2n) is 7.39. The van der Waals surface area contributed by atoms with E-state index < -0.39 is 12.0 Å². The lowest BCUT2D eigenvalue weighted by atomic mass is 10.2. The van der Waals surface area contributed by atoms with Crippen LogP contribution in [0.25, 0.3) is 21.8 Å². The maximum absolute atomic E-state index is 10.7. The zero-order valence-corrected chi connectivity index (χ0v) is 16.7. The Morgan fingerprint density at radius 1 is 1.10 bits per heavy atom. The number of benzene rings is 2. The number of para-hydroxylation sites is 2. The lowest BCUT2D eigenvalue weighted by molar-refractivity contribution is -0.140. The summed E-state index contributed by atoms with van der Waals surface area (Å²) in [6.45, 7) is 1.04. The van der Waals surface area contributed by atoms with Crippen molar-refractivity contribution < 1.29 is 19.2 Å². The van der Waals surface area contributed by atoms with Crippen LogP contribution in [0.5, 0.6) is 0 Å². The standard InChI is InChI=1S/C23H25N3O4/c24-20(23(27)28)15-29-14-17-13-16(25-30-17)7-5-6-12-26-21-10-3-1-8-18(21)19-9-2-4-11-22(19)26/h1-4,8-11,13,20H,5-7,12,14-15,24H2,(H,27,28)/t20-/m0/s1. The normalized spacial score (nSPS) is 12.6. The van der Waals surface area contributed by atoms with Crippen LogP contribution in [0.15, 0.2) is 59.1 Å². The number of carboxylic acids is 1. The van der Waals surface area contributed by atoms with E-state index in [4.69, 9.17) is 20.1 Å². The Labute approximate surface area is 174 Å². The molecule has 0 aliphatic heterocycles. The van der Waals surface area contributed by atoms with Crippen molar-refractivity contribution >= 4 is 27.8 Å². The van der Waals surface area contributed by atoms with Crippen LogP contribution >= 0.6 is 0 Å². The second kappa shape index (κ2) is 9.11. The number of hydrogen-bond donors (Lipinski definition) is 2. The molecule has 2 aromatic carbocycles. The predicted octanol–water partition coefficient (Wildman–Crippen LogP) is 3.73. The number of fused-ring (bicyclic) bond motifs is 3. The minimum absolute atomic E-state index is 0.0653. The van der Waals surface area contributed by atoms with Crippen LogP contribution in [0.3, 0.4) is 0 Å². The number of nitrogens with two attached hydrogens (primary N) is 1. The number of unbranched alkanes of at least 4 members (excludes halogenated alkanes) is 1. The molecule has 3 N–H and O–H groups in total. The summed E-state index contributed by atoms with van der Waals surface area (Å²) in [6, 6.07) is 17.9. The summed E-state index contributed by atoms with van der Waals surface area (Å²) in [5.41, 5.74) is 8.80. The SMILES string of the molecule is N[C@@H](COCc1cc(CCCCn2c3ccccc3c3ccccc32)no1)C(=O)O. The van der Waals surface area contributed by atoms with Gasteiger partial charge in [0.15, 0.2) is 5.76 Å². The molecular formula is C23H25N3O4. The second-order valence-corrected chi connectivity index (χ2v) is 7.39. The fourth-order valence-corrected chi connectivity index (χ4v) is 3.72. The number of aliphatic carboxylic acids is 1. The van der Waals surface area contributed by atoms with Crippen LogP contribution in [0.1, 0.15) is 24.3 Å². The fraction of sp³-hybridized carbons (Fsp3) is 0.304. The molecule has 30 heavy (non-hydrogen) atoms. The van der Waals surface area contributed by atoms with Crippen LogP contribution in [0, 0.1) is 0 Å². The third-order valence-electron chi connectivity index (χ3n) is 5.21. The number of ether oxygens (including phenoxy) is 1. The first-order chi connectivity index (χ1) is 14.6. The molecule has 4 rings (SSSR count). The number of rotatable bonds is 10. The molecule has 0 saturated carbocycles. The minimum Gasteiger partial charge on any atom is -0.480 e. The number of nitrogens with zero attached hydrogens (tertiary/aromatic N) is 2. The third kappa shape index (κ3) is 4.37. The molecule has 7 heteroatoms. The first kappa shape index (κ1) is 20.1. The van der Waals surface area contributed by atoms with Crippen molar-refractivity contribution in [2.75, 3.05) is 6.61 Å². The van der Waals surface area contributed by atoms with Gasteiger partial charge in [-0.25, -0.2) is 0 Å². The maximum atomic E-state index is 10.7. The first-order valence-corrected chi connectivity index (χ1v) is 10.1. The molecule has 4 aromatic rings. The number of hydrogen-bond acceptors (Lipinski definition) is 5. The lowest BCUT2D eigenvalue weighted by Crippen LogP contribution is -2.34. The van der Waals surface area contributed by atoms with E-state index in [2.05, 4.69) is 58.3 Å². The predicted molar refractivity (Wildman–Crippen MR) is 114 cm³/mol. The highest BCUT2D eigenvalue weighted by atomic mass is 16.5. The molecule has 0 fully saturated rings. The highest BCUT2D eigenvalue weighted by Gasteiger charge is 2.13. The van der Waals surface area contributed by atoms with Crippen molar-refractivity contribution in [1.29, 1.82) is 0 Å². The van der Waals surface area contributed by atoms with Crippen LogP contribution in [-0.4, -0.2) is 33.4 Å². The molecule has 7 nitrogen and oxygen atoms in total. The molecule has 0 radical (unpaired) electrons. The van der Waals surface area contributed by atoms with E-state index in [1.165, 1.54) is 21.8 Å². The van der Waals surface area contributed by atoms with E-state index in [1.807, 2.05) is 6.07 Å². The van der Waals surface area contributed by atoms with Gasteiger partial charge in [0.1, 0.15) is 12.6 Å². The number of aryl methyl sites for hydroxylation is 2. The molecule has 0 unspecified atom stereocenters. The smallest absolute Gasteiger partial charge is 0.322 e. The van der Waals surface area contributed by atoms with Gasteiger partial charge in [-0.15, -0.1) is 0 Å². The average molecular weight is 407 g/mol. The van der Waals surface area contributed by atoms with Crippen LogP contribution in [-0.2, 0) is 29.1 Å². The zero-order chi connectivity index (χ0) is 20.9. The van der Waals surface area contributed by atoms with Crippen molar-refractivity contribution in [3.63, 3.8) is 0 Å². The topological polar surface area (TPSA) is 104 Å². The summed E-state index contributed by atoms with van der Waals surface area (Å²) in [7, 11) is 0. The Balaban J connectivity index is 1.31. The molecule has 1 atom stereocenters. The highest BCUT2D eigenvalue weighted by molar-refractivity contribution is 6.07. The molecule has 2 aromatic heterocycles. The molecule has 0 spiro atoms. The lowest BCUT2D eigenvalue weighted by Gasteiger charge is -2.07. The van der Waals surface area contributed by atoms with Gasteiger partial charge in [-0.1, -0.05) is 41.6 Å². The zero-order valence-electron chi connectivity index (χ0n) is 16.7. The van der Waals surface area contributed by atoms with Crippen molar-refractivity contribution in [2.24, 2.45) is 5.73 Å². The summed E-state index contributed by atoms with van der Waals surface area (Å²) >= 11 is 0. The number of aromatic nitrogens is 2. The quantitative estimate of drug-likeness (QED) is 0.388. The Hall–Kier alpha value is -3.16. The Kier molecular flexibility index (Phi) is 6.11. The Morgan fingerprint density at radius 2 is 1.77 bits per heavy atom. The molecule has 2 heterocycles. The van der Waals surface area contributed by atoms with Gasteiger partial charge in [0, 0.05) is 34.4 Å². The van der Waals surface area contributed by atoms with Crippen molar-refractivity contribution in [1.82, 2.24) is 9.72 Å². The van der Waals surface area contributed by atoms with Crippen molar-refractivity contribution in [3.05, 3.63) is 66.1 Å². The number of carboxylic acid groups (broad SMARTS) is 1. The van der Waals surface area contributed by atoms with E-state index in [-0.39, 0.29) is 13.2 Å². The largest absolute Gasteiger partial charge is 0.480 e. The van der Waals surface area contributed by atoms with Crippen LogP contribution in [0.4, 0.5) is 0 Å². The molecule has 0 aliphatic carbocycles. The Bertz CT molecular complexity index is 1090. The molecule has 0 bridgehead atoms. The van der Waals surface area contributed by atoms with Gasteiger partial charge in [-0.3, -0.25) is 4.79 Å². The first-order valence-electron chi connectivity index (χ1n) is 10.1. The maximum Gasteiger partial charge on any atom is 0.322 e. The van der Waals surface area contributed by atoms with Gasteiger partial charge in [0.25, 0.3) is 0 Å². The van der Waals surface area contributed by atoms with Gasteiger partial charge in [0.05, 0.1) is 12.3 Å². The molecule has 0 aliphatic rings. The molecule has 0 amide bonds. The minimum atomic E-state index is -1.09. The van der Waals surface area contributed by atoms with E-state index in [0.29, 0.717) is 5.76 Å². The van der Waals surface area contributed by atoms with Gasteiger partial charge < -0.3 is 24.7 Å². The molecule has 0 saturated heterocycles. The van der Waals surface area contributed by atoms with Crippen LogP contribution < -0.4 is 5.73 Å². The average Bonchev–Trinajstić information content (AvgIpc) is 3.34. The van der Waals surface area contributed by atoms with Gasteiger partial charge in [0.2, 0.25) is 0 Å². The van der Waals surface area contributed by atoms with Gasteiger partial charge >= 0.3 is 5.97 Å². The van der Waals surface area contributed by atoms with Gasteiger partial charge in [-0.05, 0) is 31.4 Å². The Morgan fingerprint density at radius 3 is 2.43 bits per heavy atom. The van der Waals surface area contributed by atoms with E-state index in [0.717, 1.165) is 31.5 Å². The van der Waals surface area contributed by atoms with E-state index >= 15 is 0 Å². The van der Waals surface area contributed by atoms with Gasteiger partial charge in [-0.2, -0.15) is 0 Å². The van der Waals surface area contributed by atoms with E-state index in [1.54, 1.807) is 0 Å². The third-order valence-corrected chi connectivity index (χ3v) is 5.21. The molecule has 156 valence electrons. The summed E-state index contributed by atoms with van der Waals surface area (Å²) in [5, 5.41) is 15.4. The highest BCUT2D eigenvalue weighted by Crippen LogP contribution is 2.29. The number of carbonyl (C=O) groups is 1. The van der Waals surface area contributed by atoms with Crippen molar-refractivity contribution in [2.45, 2.75) is 38.5 Å².